The van der Waals surface area contributed by atoms with E-state index in [2.05, 4.69) is 45.2 Å². The Kier molecular flexibility index (Phi) is 5.63. The number of carbonyl (C=O) groups is 2. The van der Waals surface area contributed by atoms with Crippen LogP contribution in [0.1, 0.15) is 24.3 Å². The number of halogens is 2. The van der Waals surface area contributed by atoms with E-state index in [1.807, 2.05) is 18.2 Å². The zero-order valence-electron chi connectivity index (χ0n) is 8.95. The van der Waals surface area contributed by atoms with E-state index in [1.165, 1.54) is 0 Å². The molecule has 1 unspecified atom stereocenters. The van der Waals surface area contributed by atoms with E-state index in [0.717, 1.165) is 12.7 Å². The minimum atomic E-state index is -0.452. The van der Waals surface area contributed by atoms with Gasteiger partial charge in [0.05, 0.1) is 5.92 Å². The maximum absolute atomic E-state index is 11.4. The Morgan fingerprint density at radius 1 is 1.24 bits per heavy atom. The van der Waals surface area contributed by atoms with Gasteiger partial charge in [0.15, 0.2) is 0 Å². The lowest BCUT2D eigenvalue weighted by Crippen LogP contribution is -2.24. The van der Waals surface area contributed by atoms with Crippen LogP contribution in [0.5, 0.6) is 0 Å². The molecular weight excluding hydrogens is 446 g/mol. The molecule has 1 rings (SSSR count). The van der Waals surface area contributed by atoms with Gasteiger partial charge in [-0.2, -0.15) is 0 Å². The van der Waals surface area contributed by atoms with Crippen LogP contribution in [0, 0.1) is 7.14 Å². The van der Waals surface area contributed by atoms with Crippen molar-refractivity contribution < 1.29 is 9.59 Å². The first-order chi connectivity index (χ1) is 7.91. The molecule has 0 aromatic heterocycles. The molecule has 0 saturated carbocycles. The zero-order chi connectivity index (χ0) is 13.0. The van der Waals surface area contributed by atoms with Crippen molar-refractivity contribution >= 4 is 57.0 Å². The Labute approximate surface area is 127 Å². The first-order valence-corrected chi connectivity index (χ1v) is 7.10. The van der Waals surface area contributed by atoms with Crippen molar-refractivity contribution in [2.75, 3.05) is 0 Å². The molecule has 1 aromatic carbocycles. The van der Waals surface area contributed by atoms with Gasteiger partial charge in [-0.1, -0.05) is 6.07 Å². The fourth-order valence-electron chi connectivity index (χ4n) is 1.52. The van der Waals surface area contributed by atoms with Crippen LogP contribution in [-0.4, -0.2) is 11.8 Å². The molecular formula is C11H12I2N2O2. The van der Waals surface area contributed by atoms with E-state index in [9.17, 15) is 9.59 Å². The molecule has 0 fully saturated rings. The van der Waals surface area contributed by atoms with Gasteiger partial charge in [-0.3, -0.25) is 9.59 Å². The Bertz CT molecular complexity index is 449. The third-order valence-electron chi connectivity index (χ3n) is 2.36. The summed E-state index contributed by atoms with van der Waals surface area (Å²) >= 11 is 4.36. The molecule has 17 heavy (non-hydrogen) atoms. The molecule has 1 aromatic rings. The summed E-state index contributed by atoms with van der Waals surface area (Å²) in [6.07, 6.45) is 0.525. The fraction of sp³-hybridized carbons (Fsp3) is 0.273. The summed E-state index contributed by atoms with van der Waals surface area (Å²) in [5.74, 6) is -1.30. The average molecular weight is 458 g/mol. The second kappa shape index (κ2) is 6.53. The number of nitrogens with two attached hydrogens (primary N) is 2. The summed E-state index contributed by atoms with van der Waals surface area (Å²) in [6, 6.07) is 5.76. The number of hydrogen-bond acceptors (Lipinski definition) is 2. The van der Waals surface area contributed by atoms with E-state index in [1.54, 1.807) is 0 Å². The zero-order valence-corrected chi connectivity index (χ0v) is 13.3. The highest BCUT2D eigenvalue weighted by atomic mass is 127. The van der Waals surface area contributed by atoms with Crippen LogP contribution in [0.15, 0.2) is 18.2 Å². The van der Waals surface area contributed by atoms with Crippen LogP contribution < -0.4 is 11.5 Å². The van der Waals surface area contributed by atoms with Crippen molar-refractivity contribution in [3.05, 3.63) is 30.9 Å². The largest absolute Gasteiger partial charge is 0.370 e. The SMILES string of the molecule is NC(=O)CCC(C(N)=O)c1ccc(I)cc1I. The molecule has 0 radical (unpaired) electrons. The quantitative estimate of drug-likeness (QED) is 0.660. The predicted octanol–water partition coefficient (Wildman–Crippen LogP) is 1.73. The second-order valence-electron chi connectivity index (χ2n) is 3.63. The predicted molar refractivity (Wildman–Crippen MR) is 82.2 cm³/mol. The van der Waals surface area contributed by atoms with Crippen LogP contribution in [0.2, 0.25) is 0 Å². The van der Waals surface area contributed by atoms with Crippen molar-refractivity contribution in [2.24, 2.45) is 11.5 Å². The van der Waals surface area contributed by atoms with Crippen LogP contribution >= 0.6 is 45.2 Å². The minimum Gasteiger partial charge on any atom is -0.370 e. The molecule has 92 valence electrons. The average Bonchev–Trinajstić information content (AvgIpc) is 2.20. The van der Waals surface area contributed by atoms with Crippen LogP contribution in [0.4, 0.5) is 0 Å². The van der Waals surface area contributed by atoms with E-state index in [0.29, 0.717) is 6.42 Å². The Morgan fingerprint density at radius 3 is 2.35 bits per heavy atom. The standard InChI is InChI=1S/C11H12I2N2O2/c12-6-1-2-7(9(13)5-6)8(11(15)17)3-4-10(14)16/h1-2,5,8H,3-4H2,(H2,14,16)(H2,15,17). The van der Waals surface area contributed by atoms with E-state index >= 15 is 0 Å². The Balaban J connectivity index is 2.97. The maximum atomic E-state index is 11.4. The summed E-state index contributed by atoms with van der Waals surface area (Å²) < 4.78 is 2.07. The lowest BCUT2D eigenvalue weighted by molar-refractivity contribution is -0.120. The number of rotatable bonds is 5. The van der Waals surface area contributed by atoms with E-state index < -0.39 is 17.7 Å². The van der Waals surface area contributed by atoms with Gasteiger partial charge < -0.3 is 11.5 Å². The van der Waals surface area contributed by atoms with Crippen molar-refractivity contribution in [3.63, 3.8) is 0 Å². The highest BCUT2D eigenvalue weighted by molar-refractivity contribution is 14.1. The maximum Gasteiger partial charge on any atom is 0.225 e. The highest BCUT2D eigenvalue weighted by Gasteiger charge is 2.20. The summed E-state index contributed by atoms with van der Waals surface area (Å²) in [7, 11) is 0. The third-order valence-corrected chi connectivity index (χ3v) is 3.97. The molecule has 1 atom stereocenters. The molecule has 4 nitrogen and oxygen atoms in total. The molecule has 0 spiro atoms. The van der Waals surface area contributed by atoms with Gasteiger partial charge in [0, 0.05) is 13.6 Å². The second-order valence-corrected chi connectivity index (χ2v) is 6.03. The summed E-state index contributed by atoms with van der Waals surface area (Å²) in [5.41, 5.74) is 11.3. The molecule has 0 aliphatic heterocycles. The van der Waals surface area contributed by atoms with Gasteiger partial charge in [-0.05, 0) is 69.3 Å². The van der Waals surface area contributed by atoms with Gasteiger partial charge in [0.25, 0.3) is 0 Å². The van der Waals surface area contributed by atoms with Crippen LogP contribution in [0.25, 0.3) is 0 Å². The summed E-state index contributed by atoms with van der Waals surface area (Å²) in [4.78, 5) is 22.2. The first kappa shape index (κ1) is 14.7. The van der Waals surface area contributed by atoms with Gasteiger partial charge in [0.1, 0.15) is 0 Å². The Morgan fingerprint density at radius 2 is 1.88 bits per heavy atom. The van der Waals surface area contributed by atoms with Crippen molar-refractivity contribution in [1.82, 2.24) is 0 Å². The fourth-order valence-corrected chi connectivity index (χ4v) is 3.50. The van der Waals surface area contributed by atoms with Crippen molar-refractivity contribution in [2.45, 2.75) is 18.8 Å². The van der Waals surface area contributed by atoms with Gasteiger partial charge in [-0.15, -0.1) is 0 Å². The third kappa shape index (κ3) is 4.41. The molecule has 0 bridgehead atoms. The lowest BCUT2D eigenvalue weighted by atomic mass is 9.93. The monoisotopic (exact) mass is 458 g/mol. The molecule has 2 amide bonds. The minimum absolute atomic E-state index is 0.162. The van der Waals surface area contributed by atoms with E-state index in [4.69, 9.17) is 11.5 Å². The smallest absolute Gasteiger partial charge is 0.225 e. The number of benzene rings is 1. The highest BCUT2D eigenvalue weighted by Crippen LogP contribution is 2.27. The molecule has 6 heteroatoms. The molecule has 0 aliphatic carbocycles. The molecule has 4 N–H and O–H groups in total. The number of amides is 2. The molecule has 0 saturated heterocycles. The van der Waals surface area contributed by atoms with Crippen molar-refractivity contribution in [3.8, 4) is 0 Å². The number of carbonyl (C=O) groups excluding carboxylic acids is 2. The first-order valence-electron chi connectivity index (χ1n) is 4.94. The van der Waals surface area contributed by atoms with E-state index in [-0.39, 0.29) is 6.42 Å². The Hall–Kier alpha value is -0.380. The number of hydrogen-bond donors (Lipinski definition) is 2. The lowest BCUT2D eigenvalue weighted by Gasteiger charge is -2.14. The normalized spacial score (nSPS) is 12.1. The summed E-state index contributed by atoms with van der Waals surface area (Å²) in [5, 5.41) is 0. The topological polar surface area (TPSA) is 86.2 Å². The number of primary amides is 2. The van der Waals surface area contributed by atoms with Gasteiger partial charge >= 0.3 is 0 Å². The molecule has 0 aliphatic rings. The van der Waals surface area contributed by atoms with Crippen LogP contribution in [-0.2, 0) is 9.59 Å². The molecule has 0 heterocycles. The van der Waals surface area contributed by atoms with Crippen molar-refractivity contribution in [1.29, 1.82) is 0 Å². The van der Waals surface area contributed by atoms with Gasteiger partial charge in [0.2, 0.25) is 11.8 Å². The summed E-state index contributed by atoms with van der Waals surface area (Å²) in [6.45, 7) is 0. The van der Waals surface area contributed by atoms with Gasteiger partial charge in [-0.25, -0.2) is 0 Å². The van der Waals surface area contributed by atoms with Crippen LogP contribution in [0.3, 0.4) is 0 Å².